The standard InChI is InChI=1S/C24H20INO5/c25-21-12-15(27)10-9-14(21)11-22(23(28)29)26-24(30)31-13-20-18-7-3-1-5-16(18)17-6-2-4-8-19(17)20/h1-10,12,20,22,27H,11,13H2,(H,26,30)(H,28,29)/t22-/m0/s1. The summed E-state index contributed by atoms with van der Waals surface area (Å²) in [7, 11) is 0. The Labute approximate surface area is 193 Å². The van der Waals surface area contributed by atoms with Crippen molar-refractivity contribution in [3.8, 4) is 16.9 Å². The van der Waals surface area contributed by atoms with Gasteiger partial charge in [0.15, 0.2) is 0 Å². The minimum absolute atomic E-state index is 0.0814. The summed E-state index contributed by atoms with van der Waals surface area (Å²) in [5.41, 5.74) is 5.13. The third kappa shape index (κ3) is 4.51. The molecular weight excluding hydrogens is 509 g/mol. The molecule has 31 heavy (non-hydrogen) atoms. The Morgan fingerprint density at radius 1 is 1.00 bits per heavy atom. The van der Waals surface area contributed by atoms with Gasteiger partial charge in [-0.3, -0.25) is 0 Å². The van der Waals surface area contributed by atoms with Gasteiger partial charge in [-0.1, -0.05) is 54.6 Å². The lowest BCUT2D eigenvalue weighted by molar-refractivity contribution is -0.139. The maximum absolute atomic E-state index is 12.4. The fourth-order valence-corrected chi connectivity index (χ4v) is 4.62. The quantitative estimate of drug-likeness (QED) is 0.408. The maximum Gasteiger partial charge on any atom is 0.407 e. The normalized spacial score (nSPS) is 13.2. The van der Waals surface area contributed by atoms with Crippen molar-refractivity contribution in [2.75, 3.05) is 6.61 Å². The Bertz CT molecular complexity index is 1100. The predicted molar refractivity (Wildman–Crippen MR) is 124 cm³/mol. The number of hydrogen-bond acceptors (Lipinski definition) is 4. The van der Waals surface area contributed by atoms with Crippen LogP contribution in [0.2, 0.25) is 0 Å². The number of fused-ring (bicyclic) bond motifs is 3. The molecule has 3 aromatic carbocycles. The van der Waals surface area contributed by atoms with Gasteiger partial charge in [-0.25, -0.2) is 9.59 Å². The highest BCUT2D eigenvalue weighted by atomic mass is 127. The van der Waals surface area contributed by atoms with Gasteiger partial charge in [-0.15, -0.1) is 0 Å². The lowest BCUT2D eigenvalue weighted by Gasteiger charge is -2.18. The van der Waals surface area contributed by atoms with Crippen LogP contribution < -0.4 is 5.32 Å². The van der Waals surface area contributed by atoms with E-state index < -0.39 is 18.1 Å². The number of benzene rings is 3. The lowest BCUT2D eigenvalue weighted by atomic mass is 9.98. The van der Waals surface area contributed by atoms with E-state index in [1.54, 1.807) is 12.1 Å². The molecule has 0 heterocycles. The van der Waals surface area contributed by atoms with E-state index >= 15 is 0 Å². The lowest BCUT2D eigenvalue weighted by Crippen LogP contribution is -2.43. The zero-order valence-electron chi connectivity index (χ0n) is 16.4. The van der Waals surface area contributed by atoms with E-state index in [2.05, 4.69) is 5.32 Å². The summed E-state index contributed by atoms with van der Waals surface area (Å²) in [5, 5.41) is 21.5. The number of halogens is 1. The molecule has 0 fully saturated rings. The average Bonchev–Trinajstić information content (AvgIpc) is 3.07. The van der Waals surface area contributed by atoms with Crippen LogP contribution in [0.1, 0.15) is 22.6 Å². The number of aromatic hydroxyl groups is 1. The first-order valence-corrected chi connectivity index (χ1v) is 10.8. The molecule has 1 atom stereocenters. The Morgan fingerprint density at radius 3 is 2.19 bits per heavy atom. The van der Waals surface area contributed by atoms with Crippen molar-refractivity contribution in [2.45, 2.75) is 18.4 Å². The van der Waals surface area contributed by atoms with E-state index in [1.807, 2.05) is 71.1 Å². The van der Waals surface area contributed by atoms with Crippen molar-refractivity contribution in [1.29, 1.82) is 0 Å². The van der Waals surface area contributed by atoms with E-state index in [1.165, 1.54) is 6.07 Å². The number of phenols is 1. The molecule has 0 saturated carbocycles. The number of amides is 1. The number of rotatable bonds is 6. The van der Waals surface area contributed by atoms with Crippen LogP contribution in [-0.4, -0.2) is 34.9 Å². The molecule has 0 aliphatic heterocycles. The van der Waals surface area contributed by atoms with Gasteiger partial charge < -0.3 is 20.3 Å². The van der Waals surface area contributed by atoms with Gasteiger partial charge in [0, 0.05) is 15.9 Å². The maximum atomic E-state index is 12.4. The number of carbonyl (C=O) groups is 2. The van der Waals surface area contributed by atoms with Gasteiger partial charge in [-0.05, 0) is 62.5 Å². The fraction of sp³-hybridized carbons (Fsp3) is 0.167. The average molecular weight is 529 g/mol. The highest BCUT2D eigenvalue weighted by molar-refractivity contribution is 14.1. The summed E-state index contributed by atoms with van der Waals surface area (Å²) < 4.78 is 6.17. The minimum atomic E-state index is -1.16. The second-order valence-corrected chi connectivity index (χ2v) is 8.50. The zero-order chi connectivity index (χ0) is 22.0. The van der Waals surface area contributed by atoms with Gasteiger partial charge in [-0.2, -0.15) is 0 Å². The predicted octanol–water partition coefficient (Wildman–Crippen LogP) is 4.53. The van der Waals surface area contributed by atoms with E-state index in [0.29, 0.717) is 5.56 Å². The van der Waals surface area contributed by atoms with Gasteiger partial charge in [0.2, 0.25) is 0 Å². The first-order valence-electron chi connectivity index (χ1n) is 9.75. The number of aliphatic carboxylic acids is 1. The first-order chi connectivity index (χ1) is 14.9. The van der Waals surface area contributed by atoms with Crippen LogP contribution >= 0.6 is 22.6 Å². The highest BCUT2D eigenvalue weighted by Gasteiger charge is 2.30. The Hall–Kier alpha value is -3.07. The summed E-state index contributed by atoms with van der Waals surface area (Å²) in [6.07, 6.45) is -0.694. The van der Waals surface area contributed by atoms with E-state index in [4.69, 9.17) is 4.74 Å². The number of carbonyl (C=O) groups excluding carboxylic acids is 1. The summed E-state index contributed by atoms with van der Waals surface area (Å²) >= 11 is 2.02. The number of hydrogen-bond donors (Lipinski definition) is 3. The van der Waals surface area contributed by atoms with Crippen LogP contribution in [0.4, 0.5) is 4.79 Å². The second kappa shape index (κ2) is 8.97. The molecule has 3 aromatic rings. The molecule has 1 aliphatic carbocycles. The van der Waals surface area contributed by atoms with Gasteiger partial charge >= 0.3 is 12.1 Å². The highest BCUT2D eigenvalue weighted by Crippen LogP contribution is 2.44. The molecule has 1 amide bonds. The number of ether oxygens (including phenoxy) is 1. The van der Waals surface area contributed by atoms with Crippen LogP contribution in [0, 0.1) is 3.57 Å². The SMILES string of the molecule is O=C(N[C@@H](Cc1ccc(O)cc1I)C(=O)O)OCC1c2ccccc2-c2ccccc21. The Kier molecular flexibility index (Phi) is 6.13. The molecule has 0 bridgehead atoms. The summed E-state index contributed by atoms with van der Waals surface area (Å²) in [5.74, 6) is -1.15. The van der Waals surface area contributed by atoms with Crippen molar-refractivity contribution in [2.24, 2.45) is 0 Å². The molecule has 0 unspecified atom stereocenters. The molecule has 0 aromatic heterocycles. The smallest absolute Gasteiger partial charge is 0.407 e. The van der Waals surface area contributed by atoms with Crippen LogP contribution in [0.5, 0.6) is 5.75 Å². The van der Waals surface area contributed by atoms with Crippen LogP contribution in [0.3, 0.4) is 0 Å². The Balaban J connectivity index is 1.44. The topological polar surface area (TPSA) is 95.9 Å². The van der Waals surface area contributed by atoms with Crippen molar-refractivity contribution in [3.05, 3.63) is 87.0 Å². The molecule has 7 heteroatoms. The zero-order valence-corrected chi connectivity index (χ0v) is 18.6. The van der Waals surface area contributed by atoms with Crippen molar-refractivity contribution in [1.82, 2.24) is 5.32 Å². The van der Waals surface area contributed by atoms with Crippen LogP contribution in [-0.2, 0) is 16.0 Å². The largest absolute Gasteiger partial charge is 0.508 e. The molecule has 0 radical (unpaired) electrons. The van der Waals surface area contributed by atoms with Crippen molar-refractivity contribution >= 4 is 34.7 Å². The van der Waals surface area contributed by atoms with Gasteiger partial charge in [0.1, 0.15) is 18.4 Å². The molecular formula is C24H20INO5. The second-order valence-electron chi connectivity index (χ2n) is 7.34. The monoisotopic (exact) mass is 529 g/mol. The first kappa shape index (κ1) is 21.2. The molecule has 158 valence electrons. The van der Waals surface area contributed by atoms with Crippen LogP contribution in [0.15, 0.2) is 66.7 Å². The molecule has 4 rings (SSSR count). The summed E-state index contributed by atoms with van der Waals surface area (Å²) in [4.78, 5) is 24.1. The van der Waals surface area contributed by atoms with Gasteiger partial charge in [0.25, 0.3) is 0 Å². The molecule has 0 saturated heterocycles. The van der Waals surface area contributed by atoms with E-state index in [9.17, 15) is 19.8 Å². The molecule has 0 spiro atoms. The third-order valence-corrected chi connectivity index (χ3v) is 6.40. The van der Waals surface area contributed by atoms with Gasteiger partial charge in [0.05, 0.1) is 0 Å². The minimum Gasteiger partial charge on any atom is -0.508 e. The number of carboxylic acid groups (broad SMARTS) is 1. The fourth-order valence-electron chi connectivity index (χ4n) is 3.90. The van der Waals surface area contributed by atoms with E-state index in [-0.39, 0.29) is 24.7 Å². The number of carboxylic acids is 1. The third-order valence-electron chi connectivity index (χ3n) is 5.39. The number of phenolic OH excluding ortho intramolecular Hbond substituents is 1. The number of nitrogens with one attached hydrogen (secondary N) is 1. The molecule has 6 nitrogen and oxygen atoms in total. The van der Waals surface area contributed by atoms with Crippen LogP contribution in [0.25, 0.3) is 11.1 Å². The number of alkyl carbamates (subject to hydrolysis) is 1. The summed E-state index contributed by atoms with van der Waals surface area (Å²) in [6, 6.07) is 19.5. The summed E-state index contributed by atoms with van der Waals surface area (Å²) in [6.45, 7) is 0.114. The van der Waals surface area contributed by atoms with Crippen molar-refractivity contribution in [3.63, 3.8) is 0 Å². The van der Waals surface area contributed by atoms with Crippen molar-refractivity contribution < 1.29 is 24.5 Å². The van der Waals surface area contributed by atoms with E-state index in [0.717, 1.165) is 25.8 Å². The molecule has 1 aliphatic rings. The molecule has 3 N–H and O–H groups in total. The Morgan fingerprint density at radius 2 is 1.61 bits per heavy atom.